The zero-order chi connectivity index (χ0) is 37.3. The maximum Gasteiger partial charge on any atom is 0.408 e. The van der Waals surface area contributed by atoms with Crippen LogP contribution in [-0.4, -0.2) is 94.4 Å². The van der Waals surface area contributed by atoms with Crippen LogP contribution in [-0.2, 0) is 43.4 Å². The lowest BCUT2D eigenvalue weighted by Crippen LogP contribution is -2.71. The number of carboxylic acid groups (broad SMARTS) is 1. The van der Waals surface area contributed by atoms with Crippen molar-refractivity contribution in [3.05, 3.63) is 118 Å². The predicted octanol–water partition coefficient (Wildman–Crippen LogP) is 4.86. The van der Waals surface area contributed by atoms with Gasteiger partial charge >= 0.3 is 18.3 Å². The SMILES string of the molecule is CC([C@@H]1CC[C@@H](N=[N+]=[N-])C(O[C@H]2[C@H](O)[C@H]3OC(=O)N[C@@H]3[C@@H](OCc3ccccc3)[C@@H]2NC(=O)OCc2ccccc2)O1)N(Cc1ccccc1)C(=O)O. The van der Waals surface area contributed by atoms with Crippen molar-refractivity contribution < 1.29 is 48.3 Å². The first-order valence-corrected chi connectivity index (χ1v) is 17.4. The van der Waals surface area contributed by atoms with E-state index in [0.717, 1.165) is 16.7 Å². The summed E-state index contributed by atoms with van der Waals surface area (Å²) in [6.07, 6.45) is -9.28. The Bertz CT molecular complexity index is 1730. The van der Waals surface area contributed by atoms with Crippen molar-refractivity contribution in [1.82, 2.24) is 15.5 Å². The van der Waals surface area contributed by atoms with Gasteiger partial charge in [-0.2, -0.15) is 0 Å². The molecule has 1 aliphatic carbocycles. The summed E-state index contributed by atoms with van der Waals surface area (Å²) in [7, 11) is 0. The normalized spacial score (nSPS) is 28.3. The van der Waals surface area contributed by atoms with Crippen LogP contribution < -0.4 is 10.6 Å². The maximum absolute atomic E-state index is 13.4. The highest BCUT2D eigenvalue weighted by Gasteiger charge is 2.58. The van der Waals surface area contributed by atoms with E-state index in [1.54, 1.807) is 19.1 Å². The first-order chi connectivity index (χ1) is 25.7. The number of amides is 3. The molecule has 2 unspecified atom stereocenters. The number of alkyl carbamates (subject to hydrolysis) is 2. The standard InChI is InChI=1S/C37H42N6O10/c1-22(43(37(47)48)19-23-11-5-2-6-12-23)27-18-17-26(41-42-38)34(51-27)52-32-28(39-35(45)50-21-25-15-9-4-10-16-25)31(49-20-24-13-7-3-8-14-24)29-33(30(32)44)53-36(46)40-29/h2-16,22,26-34,44H,17-21H2,1H3,(H,39,45)(H,40,46)(H,47,48)/t22?,26-,27+,28+,29-,30+,31+,32-,33+,34?/m1/s1. The molecule has 1 saturated carbocycles. The van der Waals surface area contributed by atoms with E-state index < -0.39 is 79.3 Å². The average Bonchev–Trinajstić information content (AvgIpc) is 3.57. The monoisotopic (exact) mass is 730 g/mol. The fraction of sp³-hybridized carbons (Fsp3) is 0.432. The molecule has 6 rings (SSSR count). The Labute approximate surface area is 305 Å². The van der Waals surface area contributed by atoms with E-state index in [-0.39, 0.29) is 26.2 Å². The molecule has 3 amide bonds. The van der Waals surface area contributed by atoms with Crippen molar-refractivity contribution in [3.63, 3.8) is 0 Å². The molecule has 53 heavy (non-hydrogen) atoms. The second-order valence-electron chi connectivity index (χ2n) is 13.2. The molecule has 0 bridgehead atoms. The molecule has 16 heteroatoms. The van der Waals surface area contributed by atoms with Crippen LogP contribution in [0, 0.1) is 0 Å². The molecule has 3 aromatic carbocycles. The van der Waals surface area contributed by atoms with Crippen LogP contribution >= 0.6 is 0 Å². The first kappa shape index (κ1) is 37.4. The third-order valence-corrected chi connectivity index (χ3v) is 9.73. The van der Waals surface area contributed by atoms with Crippen LogP contribution in [0.15, 0.2) is 96.1 Å². The molecular weight excluding hydrogens is 688 g/mol. The average molecular weight is 731 g/mol. The Morgan fingerprint density at radius 3 is 2.23 bits per heavy atom. The number of ether oxygens (including phenoxy) is 5. The van der Waals surface area contributed by atoms with Gasteiger partial charge in [-0.15, -0.1) is 0 Å². The van der Waals surface area contributed by atoms with Gasteiger partial charge in [-0.1, -0.05) is 96.1 Å². The van der Waals surface area contributed by atoms with E-state index in [9.17, 15) is 30.1 Å². The Hall–Kier alpha value is -5.38. The van der Waals surface area contributed by atoms with E-state index in [1.165, 1.54) is 4.90 Å². The van der Waals surface area contributed by atoms with Crippen LogP contribution in [0.25, 0.3) is 10.4 Å². The molecule has 4 N–H and O–H groups in total. The number of carbonyl (C=O) groups is 3. The first-order valence-electron chi connectivity index (χ1n) is 17.4. The van der Waals surface area contributed by atoms with Crippen molar-refractivity contribution >= 4 is 18.3 Å². The lowest BCUT2D eigenvalue weighted by atomic mass is 9.81. The third kappa shape index (κ3) is 9.17. The van der Waals surface area contributed by atoms with Gasteiger partial charge < -0.3 is 44.5 Å². The van der Waals surface area contributed by atoms with Gasteiger partial charge in [0.05, 0.1) is 30.8 Å². The van der Waals surface area contributed by atoms with Crippen LogP contribution in [0.4, 0.5) is 14.4 Å². The van der Waals surface area contributed by atoms with Gasteiger partial charge in [0, 0.05) is 11.5 Å². The van der Waals surface area contributed by atoms with Gasteiger partial charge in [0.1, 0.15) is 31.0 Å². The smallest absolute Gasteiger partial charge is 0.408 e. The molecule has 10 atom stereocenters. The fourth-order valence-electron chi connectivity index (χ4n) is 6.99. The van der Waals surface area contributed by atoms with E-state index in [4.69, 9.17) is 23.7 Å². The Balaban J connectivity index is 1.28. The number of aliphatic hydroxyl groups is 1. The molecule has 2 heterocycles. The van der Waals surface area contributed by atoms with Crippen LogP contribution in [0.1, 0.15) is 36.5 Å². The Morgan fingerprint density at radius 2 is 1.60 bits per heavy atom. The van der Waals surface area contributed by atoms with Crippen molar-refractivity contribution in [1.29, 1.82) is 0 Å². The molecule has 3 aromatic rings. The molecule has 0 radical (unpaired) electrons. The number of nitrogens with one attached hydrogen (secondary N) is 2. The second kappa shape index (κ2) is 17.4. The molecule has 3 aliphatic rings. The van der Waals surface area contributed by atoms with E-state index >= 15 is 0 Å². The summed E-state index contributed by atoms with van der Waals surface area (Å²) in [6.45, 7) is 1.83. The van der Waals surface area contributed by atoms with Gasteiger partial charge in [0.25, 0.3) is 0 Å². The third-order valence-electron chi connectivity index (χ3n) is 9.73. The summed E-state index contributed by atoms with van der Waals surface area (Å²) in [5, 5.41) is 31.3. The van der Waals surface area contributed by atoms with E-state index in [2.05, 4.69) is 20.7 Å². The van der Waals surface area contributed by atoms with Gasteiger partial charge in [-0.3, -0.25) is 4.90 Å². The molecule has 0 aromatic heterocycles. The van der Waals surface area contributed by atoms with Gasteiger partial charge in [-0.05, 0) is 42.0 Å². The largest absolute Gasteiger partial charge is 0.465 e. The molecule has 2 saturated heterocycles. The quantitative estimate of drug-likeness (QED) is 0.107. The summed E-state index contributed by atoms with van der Waals surface area (Å²) in [5.74, 6) is 0. The van der Waals surface area contributed by atoms with Crippen molar-refractivity contribution in [3.8, 4) is 0 Å². The zero-order valence-electron chi connectivity index (χ0n) is 28.9. The number of fused-ring (bicyclic) bond motifs is 1. The number of rotatable bonds is 13. The molecule has 3 fully saturated rings. The number of nitrogens with zero attached hydrogens (tertiary/aromatic N) is 4. The Kier molecular flexibility index (Phi) is 12.3. The number of hydrogen-bond acceptors (Lipinski definition) is 10. The Morgan fingerprint density at radius 1 is 0.981 bits per heavy atom. The predicted molar refractivity (Wildman–Crippen MR) is 187 cm³/mol. The summed E-state index contributed by atoms with van der Waals surface area (Å²) in [5.41, 5.74) is 11.8. The fourth-order valence-corrected chi connectivity index (χ4v) is 6.99. The summed E-state index contributed by atoms with van der Waals surface area (Å²) in [6, 6.07) is 23.8. The van der Waals surface area contributed by atoms with Gasteiger partial charge in [0.2, 0.25) is 0 Å². The minimum absolute atomic E-state index is 0.0533. The van der Waals surface area contributed by atoms with Crippen molar-refractivity contribution in [2.45, 2.75) is 101 Å². The highest BCUT2D eigenvalue weighted by atomic mass is 16.7. The molecule has 0 spiro atoms. The van der Waals surface area contributed by atoms with E-state index in [1.807, 2.05) is 78.9 Å². The maximum atomic E-state index is 13.4. The molecular formula is C37H42N6O10. The number of azide groups is 1. The van der Waals surface area contributed by atoms with Gasteiger partial charge in [0.15, 0.2) is 12.4 Å². The highest BCUT2D eigenvalue weighted by molar-refractivity contribution is 5.71. The highest BCUT2D eigenvalue weighted by Crippen LogP contribution is 2.35. The topological polar surface area (TPSA) is 214 Å². The van der Waals surface area contributed by atoms with Crippen molar-refractivity contribution in [2.75, 3.05) is 0 Å². The molecule has 280 valence electrons. The molecule has 2 aliphatic heterocycles. The summed E-state index contributed by atoms with van der Waals surface area (Å²) >= 11 is 0. The van der Waals surface area contributed by atoms with Gasteiger partial charge in [-0.25, -0.2) is 14.4 Å². The number of carbonyl (C=O) groups excluding carboxylic acids is 2. The lowest BCUT2D eigenvalue weighted by Gasteiger charge is -2.47. The number of hydrogen-bond donors (Lipinski definition) is 4. The van der Waals surface area contributed by atoms with Crippen LogP contribution in [0.3, 0.4) is 0 Å². The minimum Gasteiger partial charge on any atom is -0.465 e. The summed E-state index contributed by atoms with van der Waals surface area (Å²) < 4.78 is 30.2. The second-order valence-corrected chi connectivity index (χ2v) is 13.2. The minimum atomic E-state index is -1.53. The van der Waals surface area contributed by atoms with Crippen molar-refractivity contribution in [2.24, 2.45) is 5.11 Å². The number of benzene rings is 3. The van der Waals surface area contributed by atoms with E-state index in [0.29, 0.717) is 6.42 Å². The summed E-state index contributed by atoms with van der Waals surface area (Å²) in [4.78, 5) is 42.7. The lowest BCUT2D eigenvalue weighted by molar-refractivity contribution is -0.268. The number of aliphatic hydroxyl groups excluding tert-OH is 1. The van der Waals surface area contributed by atoms with Crippen LogP contribution in [0.2, 0.25) is 0 Å². The molecule has 16 nitrogen and oxygen atoms in total. The van der Waals surface area contributed by atoms with Crippen LogP contribution in [0.5, 0.6) is 0 Å². The zero-order valence-corrected chi connectivity index (χ0v) is 28.9.